The number of hydrogen-bond donors (Lipinski definition) is 1. The molecule has 2 atom stereocenters. The molecule has 4 heteroatoms. The second kappa shape index (κ2) is 8.17. The van der Waals surface area contributed by atoms with Crippen molar-refractivity contribution in [2.75, 3.05) is 7.11 Å². The van der Waals surface area contributed by atoms with E-state index in [1.165, 1.54) is 11.1 Å². The van der Waals surface area contributed by atoms with Crippen LogP contribution in [0.5, 0.6) is 5.75 Å². The van der Waals surface area contributed by atoms with Gasteiger partial charge in [-0.15, -0.1) is 0 Å². The maximum atomic E-state index is 11.6. The van der Waals surface area contributed by atoms with Gasteiger partial charge >= 0.3 is 5.97 Å². The highest BCUT2D eigenvalue weighted by Gasteiger charge is 2.37. The molecule has 3 rings (SSSR count). The molecule has 0 spiro atoms. The van der Waals surface area contributed by atoms with Crippen LogP contribution in [0.3, 0.4) is 0 Å². The first kappa shape index (κ1) is 17.5. The molecule has 1 aliphatic heterocycles. The predicted octanol–water partition coefficient (Wildman–Crippen LogP) is 3.75. The quantitative estimate of drug-likeness (QED) is 0.835. The summed E-state index contributed by atoms with van der Waals surface area (Å²) in [4.78, 5) is 13.8. The van der Waals surface area contributed by atoms with E-state index in [1.54, 1.807) is 7.11 Å². The first-order valence-electron chi connectivity index (χ1n) is 8.83. The maximum Gasteiger partial charge on any atom is 0.320 e. The summed E-state index contributed by atoms with van der Waals surface area (Å²) in [6.45, 7) is 0.695. The van der Waals surface area contributed by atoms with E-state index in [0.29, 0.717) is 12.6 Å². The number of carboxylic acids is 1. The molecular weight excluding hydrogens is 314 g/mol. The van der Waals surface area contributed by atoms with Gasteiger partial charge < -0.3 is 9.84 Å². The summed E-state index contributed by atoms with van der Waals surface area (Å²) < 4.78 is 5.29. The van der Waals surface area contributed by atoms with Crippen molar-refractivity contribution in [3.8, 4) is 5.75 Å². The largest absolute Gasteiger partial charge is 0.497 e. The zero-order valence-corrected chi connectivity index (χ0v) is 14.6. The zero-order chi connectivity index (χ0) is 17.6. The van der Waals surface area contributed by atoms with Gasteiger partial charge in [0.05, 0.1) is 7.11 Å². The number of hydrogen-bond acceptors (Lipinski definition) is 3. The van der Waals surface area contributed by atoms with Crippen molar-refractivity contribution in [3.63, 3.8) is 0 Å². The lowest BCUT2D eigenvalue weighted by atomic mass is 10.0. The summed E-state index contributed by atoms with van der Waals surface area (Å²) in [6, 6.07) is 18.2. The number of aryl methyl sites for hydroxylation is 1. The number of likely N-dealkylation sites (tertiary alicyclic amines) is 1. The third-order valence-corrected chi connectivity index (χ3v) is 5.04. The van der Waals surface area contributed by atoms with E-state index >= 15 is 0 Å². The van der Waals surface area contributed by atoms with E-state index < -0.39 is 5.97 Å². The van der Waals surface area contributed by atoms with Crippen molar-refractivity contribution >= 4 is 5.97 Å². The van der Waals surface area contributed by atoms with E-state index in [-0.39, 0.29) is 6.04 Å². The average molecular weight is 339 g/mol. The molecule has 0 radical (unpaired) electrons. The molecule has 0 amide bonds. The van der Waals surface area contributed by atoms with Gasteiger partial charge in [0, 0.05) is 12.6 Å². The Labute approximate surface area is 149 Å². The molecule has 4 nitrogen and oxygen atoms in total. The van der Waals surface area contributed by atoms with E-state index in [4.69, 9.17) is 4.74 Å². The van der Waals surface area contributed by atoms with Gasteiger partial charge in [0.2, 0.25) is 0 Å². The fraction of sp³-hybridized carbons (Fsp3) is 0.381. The molecule has 0 saturated carbocycles. The monoisotopic (exact) mass is 339 g/mol. The molecule has 1 N–H and O–H groups in total. The van der Waals surface area contributed by atoms with Crippen LogP contribution in [0, 0.1) is 0 Å². The lowest BCUT2D eigenvalue weighted by molar-refractivity contribution is -0.142. The summed E-state index contributed by atoms with van der Waals surface area (Å²) in [5, 5.41) is 9.57. The molecule has 1 fully saturated rings. The Morgan fingerprint density at radius 1 is 1.12 bits per heavy atom. The third-order valence-electron chi connectivity index (χ3n) is 5.04. The second-order valence-electron chi connectivity index (χ2n) is 6.63. The molecule has 132 valence electrons. The van der Waals surface area contributed by atoms with Crippen LogP contribution in [-0.4, -0.2) is 35.2 Å². The number of rotatable bonds is 7. The summed E-state index contributed by atoms with van der Waals surface area (Å²) >= 11 is 0. The summed E-state index contributed by atoms with van der Waals surface area (Å²) in [7, 11) is 1.68. The molecule has 25 heavy (non-hydrogen) atoms. The van der Waals surface area contributed by atoms with Crippen LogP contribution in [0.25, 0.3) is 0 Å². The lowest BCUT2D eigenvalue weighted by Crippen LogP contribution is -2.40. The fourth-order valence-electron chi connectivity index (χ4n) is 3.71. The fourth-order valence-corrected chi connectivity index (χ4v) is 3.71. The second-order valence-corrected chi connectivity index (χ2v) is 6.63. The highest BCUT2D eigenvalue weighted by Crippen LogP contribution is 2.30. The lowest BCUT2D eigenvalue weighted by Gasteiger charge is -2.28. The molecular formula is C21H25NO3. The normalized spacial score (nSPS) is 20.5. The van der Waals surface area contributed by atoms with Crippen LogP contribution in [0.15, 0.2) is 54.6 Å². The first-order valence-corrected chi connectivity index (χ1v) is 8.83. The minimum Gasteiger partial charge on any atom is -0.497 e. The zero-order valence-electron chi connectivity index (χ0n) is 14.6. The SMILES string of the molecule is COc1cccc(CC[C@@H]2CC[C@H](C(=O)O)N2Cc2ccccc2)c1. The molecule has 1 saturated heterocycles. The van der Waals surface area contributed by atoms with Crippen molar-refractivity contribution in [2.24, 2.45) is 0 Å². The van der Waals surface area contributed by atoms with Crippen LogP contribution in [0.4, 0.5) is 0 Å². The van der Waals surface area contributed by atoms with Crippen molar-refractivity contribution < 1.29 is 14.6 Å². The van der Waals surface area contributed by atoms with Crippen molar-refractivity contribution in [1.82, 2.24) is 4.90 Å². The number of carboxylic acid groups (broad SMARTS) is 1. The number of carbonyl (C=O) groups is 1. The molecule has 1 aliphatic rings. The molecule has 2 aromatic carbocycles. The van der Waals surface area contributed by atoms with E-state index in [1.807, 2.05) is 30.3 Å². The number of methoxy groups -OCH3 is 1. The van der Waals surface area contributed by atoms with Crippen LogP contribution in [0.2, 0.25) is 0 Å². The van der Waals surface area contributed by atoms with Gasteiger partial charge in [-0.05, 0) is 48.9 Å². The Bertz CT molecular complexity index is 701. The van der Waals surface area contributed by atoms with Crippen LogP contribution >= 0.6 is 0 Å². The number of aliphatic carboxylic acids is 1. The Balaban J connectivity index is 1.68. The predicted molar refractivity (Wildman–Crippen MR) is 97.7 cm³/mol. The molecule has 0 bridgehead atoms. The Kier molecular flexibility index (Phi) is 5.71. The first-order chi connectivity index (χ1) is 12.2. The van der Waals surface area contributed by atoms with Gasteiger partial charge in [0.15, 0.2) is 0 Å². The Morgan fingerprint density at radius 2 is 1.88 bits per heavy atom. The van der Waals surface area contributed by atoms with Gasteiger partial charge in [-0.3, -0.25) is 9.69 Å². The van der Waals surface area contributed by atoms with Crippen LogP contribution in [0.1, 0.15) is 30.4 Å². The number of nitrogens with zero attached hydrogens (tertiary/aromatic N) is 1. The van der Waals surface area contributed by atoms with Crippen molar-refractivity contribution in [3.05, 3.63) is 65.7 Å². The standard InChI is InChI=1S/C21H25NO3/c1-25-19-9-5-8-16(14-19)10-11-18-12-13-20(21(23)24)22(18)15-17-6-3-2-4-7-17/h2-9,14,18,20H,10-13,15H2,1H3,(H,23,24)/t18-,20-/m1/s1. The average Bonchev–Trinajstić information content (AvgIpc) is 3.04. The van der Waals surface area contributed by atoms with Crippen LogP contribution in [-0.2, 0) is 17.8 Å². The van der Waals surface area contributed by atoms with Gasteiger partial charge in [-0.25, -0.2) is 0 Å². The molecule has 1 heterocycles. The van der Waals surface area contributed by atoms with Crippen molar-refractivity contribution in [1.29, 1.82) is 0 Å². The highest BCUT2D eigenvalue weighted by molar-refractivity contribution is 5.74. The number of benzene rings is 2. The van der Waals surface area contributed by atoms with E-state index in [2.05, 4.69) is 29.2 Å². The molecule has 2 aromatic rings. The Morgan fingerprint density at radius 3 is 2.60 bits per heavy atom. The Hall–Kier alpha value is -2.33. The van der Waals surface area contributed by atoms with Gasteiger partial charge in [-0.2, -0.15) is 0 Å². The van der Waals surface area contributed by atoms with Gasteiger partial charge in [-0.1, -0.05) is 42.5 Å². The minimum absolute atomic E-state index is 0.299. The third kappa shape index (κ3) is 4.40. The summed E-state index contributed by atoms with van der Waals surface area (Å²) in [6.07, 6.45) is 3.56. The summed E-state index contributed by atoms with van der Waals surface area (Å²) in [5.41, 5.74) is 2.40. The van der Waals surface area contributed by atoms with Gasteiger partial charge in [0.25, 0.3) is 0 Å². The minimum atomic E-state index is -0.709. The molecule has 0 aromatic heterocycles. The highest BCUT2D eigenvalue weighted by atomic mass is 16.5. The maximum absolute atomic E-state index is 11.6. The number of ether oxygens (including phenoxy) is 1. The van der Waals surface area contributed by atoms with E-state index in [0.717, 1.165) is 31.4 Å². The van der Waals surface area contributed by atoms with Gasteiger partial charge in [0.1, 0.15) is 11.8 Å². The van der Waals surface area contributed by atoms with E-state index in [9.17, 15) is 9.90 Å². The topological polar surface area (TPSA) is 49.8 Å². The summed E-state index contributed by atoms with van der Waals surface area (Å²) in [5.74, 6) is 0.160. The smallest absolute Gasteiger partial charge is 0.320 e. The van der Waals surface area contributed by atoms with Crippen molar-refractivity contribution in [2.45, 2.75) is 44.3 Å². The molecule has 0 unspecified atom stereocenters. The van der Waals surface area contributed by atoms with Crippen LogP contribution < -0.4 is 4.74 Å². The molecule has 0 aliphatic carbocycles.